The second kappa shape index (κ2) is 13.8. The van der Waals surface area contributed by atoms with E-state index in [4.69, 9.17) is 36.8 Å². The first kappa shape index (κ1) is 31.9. The van der Waals surface area contributed by atoms with E-state index in [1.807, 2.05) is 6.07 Å². The first-order chi connectivity index (χ1) is 18.8. The van der Waals surface area contributed by atoms with E-state index in [1.165, 1.54) is 16.5 Å². The van der Waals surface area contributed by atoms with Gasteiger partial charge in [-0.2, -0.15) is 0 Å². The van der Waals surface area contributed by atoms with Crippen LogP contribution in [-0.4, -0.2) is 101 Å². The van der Waals surface area contributed by atoms with Gasteiger partial charge in [0.25, 0.3) is 0 Å². The molecule has 2 aliphatic heterocycles. The van der Waals surface area contributed by atoms with Crippen LogP contribution in [0, 0.1) is 11.7 Å². The van der Waals surface area contributed by atoms with Crippen molar-refractivity contribution in [2.24, 2.45) is 5.92 Å². The molecular weight excluding hydrogens is 567 g/mol. The highest BCUT2D eigenvalue weighted by molar-refractivity contribution is 7.16. The van der Waals surface area contributed by atoms with Crippen LogP contribution in [0.2, 0.25) is 4.34 Å². The molecule has 4 rings (SSSR count). The van der Waals surface area contributed by atoms with E-state index in [2.05, 4.69) is 11.0 Å². The van der Waals surface area contributed by atoms with Gasteiger partial charge in [-0.25, -0.2) is 14.0 Å². The molecule has 1 aromatic carbocycles. The lowest BCUT2D eigenvalue weighted by molar-refractivity contribution is -0.165. The number of piperidine rings is 1. The van der Waals surface area contributed by atoms with Gasteiger partial charge < -0.3 is 35.0 Å². The number of benzene rings is 1. The zero-order chi connectivity index (χ0) is 29.6. The third kappa shape index (κ3) is 7.77. The minimum Gasteiger partial charge on any atom is -0.479 e. The number of carbonyl (C=O) groups is 3. The predicted molar refractivity (Wildman–Crippen MR) is 146 cm³/mol. The number of hydrogen-bond acceptors (Lipinski definition) is 8. The van der Waals surface area contributed by atoms with Crippen LogP contribution in [-0.2, 0) is 37.6 Å². The van der Waals surface area contributed by atoms with E-state index >= 15 is 0 Å². The highest BCUT2D eigenvalue weighted by atomic mass is 35.5. The number of thiophene rings is 1. The van der Waals surface area contributed by atoms with Crippen LogP contribution >= 0.6 is 22.9 Å². The summed E-state index contributed by atoms with van der Waals surface area (Å²) in [5.41, 5.74) is 1.68. The van der Waals surface area contributed by atoms with E-state index in [1.54, 1.807) is 42.5 Å². The number of hydrogen-bond donors (Lipinski definition) is 4. The second-order valence-corrected chi connectivity index (χ2v) is 11.8. The molecule has 13 heteroatoms. The van der Waals surface area contributed by atoms with Gasteiger partial charge in [0.05, 0.1) is 16.9 Å². The Morgan fingerprint density at radius 3 is 2.27 bits per heavy atom. The van der Waals surface area contributed by atoms with Crippen molar-refractivity contribution < 1.29 is 43.9 Å². The molecule has 1 fully saturated rings. The van der Waals surface area contributed by atoms with Crippen molar-refractivity contribution in [2.45, 2.75) is 43.5 Å². The monoisotopic (exact) mass is 600 g/mol. The highest BCUT2D eigenvalue weighted by Crippen LogP contribution is 2.46. The van der Waals surface area contributed by atoms with Gasteiger partial charge in [-0.3, -0.25) is 4.79 Å². The SMILES string of the molecule is CN(C)C(=O)C(Cc1ccccc1F)CN1CCC2(CC1)OCCc1cc(Cl)sc12.O=C(O)C(O)C(O)C(=O)O. The second-order valence-electron chi connectivity index (χ2n) is 10.1. The fourth-order valence-electron chi connectivity index (χ4n) is 4.96. The molecule has 1 spiro atoms. The van der Waals surface area contributed by atoms with Crippen LogP contribution in [0.1, 0.15) is 28.8 Å². The number of carboxylic acids is 2. The predicted octanol–water partition coefficient (Wildman–Crippen LogP) is 2.23. The molecule has 2 aliphatic rings. The topological polar surface area (TPSA) is 148 Å². The van der Waals surface area contributed by atoms with Crippen LogP contribution < -0.4 is 0 Å². The third-order valence-electron chi connectivity index (χ3n) is 7.10. The number of carboxylic acid groups (broad SMARTS) is 2. The summed E-state index contributed by atoms with van der Waals surface area (Å²) < 4.78 is 21.3. The molecular formula is C27H34ClFN2O8S. The number of fused-ring (bicyclic) bond motifs is 2. The number of amides is 1. The summed E-state index contributed by atoms with van der Waals surface area (Å²) in [6, 6.07) is 8.82. The Labute approximate surface area is 240 Å². The molecule has 220 valence electrons. The van der Waals surface area contributed by atoms with Gasteiger partial charge in [0, 0.05) is 38.6 Å². The van der Waals surface area contributed by atoms with Crippen molar-refractivity contribution >= 4 is 40.8 Å². The van der Waals surface area contributed by atoms with Crippen molar-refractivity contribution in [1.82, 2.24) is 9.80 Å². The summed E-state index contributed by atoms with van der Waals surface area (Å²) in [6.07, 6.45) is -1.42. The van der Waals surface area contributed by atoms with E-state index in [0.717, 1.165) is 43.3 Å². The minimum absolute atomic E-state index is 0.0415. The molecule has 3 atom stereocenters. The molecule has 3 heterocycles. The molecule has 0 radical (unpaired) electrons. The number of aliphatic hydroxyl groups excluding tert-OH is 2. The molecule has 0 saturated carbocycles. The number of aliphatic carboxylic acids is 2. The Morgan fingerprint density at radius 2 is 1.73 bits per heavy atom. The lowest BCUT2D eigenvalue weighted by atomic mass is 9.85. The summed E-state index contributed by atoms with van der Waals surface area (Å²) in [6.45, 7) is 3.06. The largest absolute Gasteiger partial charge is 0.479 e. The van der Waals surface area contributed by atoms with Crippen LogP contribution in [0.3, 0.4) is 0 Å². The van der Waals surface area contributed by atoms with E-state index in [9.17, 15) is 18.8 Å². The van der Waals surface area contributed by atoms with Crippen LogP contribution in [0.4, 0.5) is 4.39 Å². The van der Waals surface area contributed by atoms with Crippen molar-refractivity contribution in [3.05, 3.63) is 56.5 Å². The zero-order valence-corrected chi connectivity index (χ0v) is 23.8. The van der Waals surface area contributed by atoms with Gasteiger partial charge in [-0.1, -0.05) is 29.8 Å². The number of nitrogens with zero attached hydrogens (tertiary/aromatic N) is 2. The maximum atomic E-state index is 14.2. The normalized spacial score (nSPS) is 18.6. The van der Waals surface area contributed by atoms with Crippen molar-refractivity contribution in [2.75, 3.05) is 40.3 Å². The Morgan fingerprint density at radius 1 is 1.12 bits per heavy atom. The summed E-state index contributed by atoms with van der Waals surface area (Å²) in [4.78, 5) is 37.6. The van der Waals surface area contributed by atoms with Crippen molar-refractivity contribution in [3.8, 4) is 0 Å². The first-order valence-corrected chi connectivity index (χ1v) is 14.0. The molecule has 1 saturated heterocycles. The van der Waals surface area contributed by atoms with Crippen molar-refractivity contribution in [3.63, 3.8) is 0 Å². The molecule has 40 heavy (non-hydrogen) atoms. The number of carbonyl (C=O) groups excluding carboxylic acids is 1. The zero-order valence-electron chi connectivity index (χ0n) is 22.3. The number of aliphatic hydroxyl groups is 2. The van der Waals surface area contributed by atoms with E-state index < -0.39 is 24.1 Å². The van der Waals surface area contributed by atoms with E-state index in [-0.39, 0.29) is 23.2 Å². The molecule has 0 bridgehead atoms. The maximum absolute atomic E-state index is 14.2. The number of ether oxygens (including phenoxy) is 1. The Hall–Kier alpha value is -2.61. The molecule has 2 aromatic rings. The minimum atomic E-state index is -2.27. The number of rotatable bonds is 8. The van der Waals surface area contributed by atoms with Gasteiger partial charge in [0.1, 0.15) is 11.4 Å². The smallest absolute Gasteiger partial charge is 0.335 e. The lowest BCUT2D eigenvalue weighted by Gasteiger charge is -2.44. The molecule has 1 aromatic heterocycles. The average molecular weight is 601 g/mol. The number of halogens is 2. The van der Waals surface area contributed by atoms with Crippen LogP contribution in [0.15, 0.2) is 30.3 Å². The average Bonchev–Trinajstić information content (AvgIpc) is 3.31. The van der Waals surface area contributed by atoms with E-state index in [0.29, 0.717) is 18.5 Å². The summed E-state index contributed by atoms with van der Waals surface area (Å²) >= 11 is 7.93. The fourth-order valence-corrected chi connectivity index (χ4v) is 6.46. The van der Waals surface area contributed by atoms with Gasteiger partial charge in [-0.05, 0) is 48.9 Å². The summed E-state index contributed by atoms with van der Waals surface area (Å²) in [5, 5.41) is 32.5. The van der Waals surface area contributed by atoms with Gasteiger partial charge in [0.15, 0.2) is 12.2 Å². The van der Waals surface area contributed by atoms with Gasteiger partial charge in [0.2, 0.25) is 5.91 Å². The number of likely N-dealkylation sites (tertiary alicyclic amines) is 1. The third-order valence-corrected chi connectivity index (χ3v) is 8.60. The summed E-state index contributed by atoms with van der Waals surface area (Å²) in [5.74, 6) is -4.01. The van der Waals surface area contributed by atoms with Crippen LogP contribution in [0.5, 0.6) is 0 Å². The molecule has 0 aliphatic carbocycles. The molecule has 1 amide bonds. The highest BCUT2D eigenvalue weighted by Gasteiger charge is 2.43. The summed E-state index contributed by atoms with van der Waals surface area (Å²) in [7, 11) is 3.53. The molecule has 4 N–H and O–H groups in total. The maximum Gasteiger partial charge on any atom is 0.335 e. The lowest BCUT2D eigenvalue weighted by Crippen LogP contribution is -2.48. The fraction of sp³-hybridized carbons (Fsp3) is 0.519. The Balaban J connectivity index is 0.000000378. The van der Waals surface area contributed by atoms with Crippen LogP contribution in [0.25, 0.3) is 0 Å². The standard InChI is InChI=1S/C23H28ClFN2O2S.C4H6O6/c1-26(2)22(28)18(13-16-5-3-4-6-19(16)25)15-27-10-8-23(9-11-27)21-17(7-12-29-23)14-20(24)30-21;5-1(3(7)8)2(6)4(9)10/h3-6,14,18H,7-13,15H2,1-2H3;1-2,5-6H,(H,7,8)(H,9,10). The van der Waals surface area contributed by atoms with Gasteiger partial charge >= 0.3 is 11.9 Å². The molecule has 3 unspecified atom stereocenters. The van der Waals surface area contributed by atoms with Crippen molar-refractivity contribution in [1.29, 1.82) is 0 Å². The quantitative estimate of drug-likeness (QED) is 0.358. The molecule has 10 nitrogen and oxygen atoms in total. The Bertz CT molecular complexity index is 1180. The van der Waals surface area contributed by atoms with Gasteiger partial charge in [-0.15, -0.1) is 11.3 Å². The first-order valence-electron chi connectivity index (χ1n) is 12.8. The Kier molecular flexibility index (Phi) is 11.0.